The molecule has 3 unspecified atom stereocenters. The Hall–Kier alpha value is -2.71. The highest BCUT2D eigenvalue weighted by atomic mass is 32.2. The quantitative estimate of drug-likeness (QED) is 0.335. The van der Waals surface area contributed by atoms with Gasteiger partial charge in [-0.25, -0.2) is 20.6 Å². The standard InChI is InChI=1S/C20H27N7O5S/c1-31-16-7-11-4-2-3-5-14(11)17(16)26-20-18(27-21)19(23-10-24-20)25-13-6-12(15(28)8-13)9-32-33(22,29)30/h2-5,10,12-13,15-17,21,28H,6-9H2,1H3,(H2,22,29,30)(H2,23,24,25,26)/t12?,13?,15?,16-,17+/m0/s1. The predicted molar refractivity (Wildman–Crippen MR) is 119 cm³/mol. The Balaban J connectivity index is 1.50. The van der Waals surface area contributed by atoms with E-state index < -0.39 is 22.3 Å². The molecular weight excluding hydrogens is 450 g/mol. The summed E-state index contributed by atoms with van der Waals surface area (Å²) in [6, 6.07) is 7.66. The van der Waals surface area contributed by atoms with E-state index in [-0.39, 0.29) is 30.5 Å². The molecule has 1 aromatic heterocycles. The van der Waals surface area contributed by atoms with Gasteiger partial charge >= 0.3 is 10.3 Å². The van der Waals surface area contributed by atoms with Crippen LogP contribution in [0.2, 0.25) is 0 Å². The van der Waals surface area contributed by atoms with Crippen LogP contribution in [0.1, 0.15) is 30.0 Å². The Morgan fingerprint density at radius 3 is 2.67 bits per heavy atom. The maximum atomic E-state index is 11.0. The first-order valence-corrected chi connectivity index (χ1v) is 12.0. The molecule has 2 aliphatic rings. The van der Waals surface area contributed by atoms with Crippen LogP contribution in [-0.2, 0) is 25.6 Å². The second-order valence-electron chi connectivity index (χ2n) is 8.25. The van der Waals surface area contributed by atoms with Crippen LogP contribution in [0.15, 0.2) is 35.7 Å². The van der Waals surface area contributed by atoms with Gasteiger partial charge < -0.3 is 20.5 Å². The van der Waals surface area contributed by atoms with Crippen LogP contribution in [0.25, 0.3) is 0 Å². The van der Waals surface area contributed by atoms with Gasteiger partial charge in [0.15, 0.2) is 17.3 Å². The number of ether oxygens (including phenoxy) is 1. The molecule has 12 nitrogen and oxygen atoms in total. The van der Waals surface area contributed by atoms with E-state index >= 15 is 0 Å². The lowest BCUT2D eigenvalue weighted by Gasteiger charge is -2.23. The molecule has 178 valence electrons. The average molecular weight is 478 g/mol. The molecule has 2 aliphatic carbocycles. The number of hydrogen-bond acceptors (Lipinski definition) is 11. The van der Waals surface area contributed by atoms with Gasteiger partial charge in [-0.3, -0.25) is 4.18 Å². The number of anilines is 2. The zero-order valence-electron chi connectivity index (χ0n) is 18.0. The van der Waals surface area contributed by atoms with Crippen molar-refractivity contribution in [3.63, 3.8) is 0 Å². The third kappa shape index (κ3) is 5.28. The van der Waals surface area contributed by atoms with E-state index in [9.17, 15) is 13.5 Å². The Morgan fingerprint density at radius 1 is 1.24 bits per heavy atom. The highest BCUT2D eigenvalue weighted by Gasteiger charge is 2.36. The van der Waals surface area contributed by atoms with Crippen molar-refractivity contribution in [3.8, 4) is 0 Å². The summed E-state index contributed by atoms with van der Waals surface area (Å²) in [6.07, 6.45) is 2.05. The molecule has 0 spiro atoms. The molecule has 1 fully saturated rings. The number of fused-ring (bicyclic) bond motifs is 1. The first-order valence-electron chi connectivity index (χ1n) is 10.5. The minimum Gasteiger partial charge on any atom is -0.393 e. The molecule has 4 rings (SSSR count). The summed E-state index contributed by atoms with van der Waals surface area (Å²) in [7, 11) is -2.42. The zero-order valence-corrected chi connectivity index (χ0v) is 18.8. The number of methoxy groups -OCH3 is 1. The fraction of sp³-hybridized carbons (Fsp3) is 0.500. The van der Waals surface area contributed by atoms with Crippen LogP contribution in [-0.4, -0.2) is 55.5 Å². The summed E-state index contributed by atoms with van der Waals surface area (Å²) in [6.45, 7) is -0.204. The van der Waals surface area contributed by atoms with Crippen molar-refractivity contribution in [1.29, 1.82) is 5.53 Å². The third-order valence-electron chi connectivity index (χ3n) is 6.16. The van der Waals surface area contributed by atoms with Crippen LogP contribution >= 0.6 is 0 Å². The summed E-state index contributed by atoms with van der Waals surface area (Å²) >= 11 is 0. The van der Waals surface area contributed by atoms with Crippen molar-refractivity contribution >= 4 is 27.6 Å². The summed E-state index contributed by atoms with van der Waals surface area (Å²) in [5, 5.41) is 25.4. The lowest BCUT2D eigenvalue weighted by atomic mass is 10.1. The summed E-state index contributed by atoms with van der Waals surface area (Å²) in [4.78, 5) is 8.53. The van der Waals surface area contributed by atoms with Crippen molar-refractivity contribution in [2.75, 3.05) is 24.4 Å². The van der Waals surface area contributed by atoms with Crippen molar-refractivity contribution in [2.24, 2.45) is 16.2 Å². The largest absolute Gasteiger partial charge is 0.393 e. The van der Waals surface area contributed by atoms with E-state index in [1.54, 1.807) is 7.11 Å². The maximum Gasteiger partial charge on any atom is 0.333 e. The van der Waals surface area contributed by atoms with Crippen LogP contribution in [0.3, 0.4) is 0 Å². The van der Waals surface area contributed by atoms with Gasteiger partial charge in [-0.2, -0.15) is 13.5 Å². The molecule has 33 heavy (non-hydrogen) atoms. The van der Waals surface area contributed by atoms with Crippen molar-refractivity contribution in [3.05, 3.63) is 41.7 Å². The van der Waals surface area contributed by atoms with E-state index in [1.165, 1.54) is 11.9 Å². The molecule has 0 aliphatic heterocycles. The summed E-state index contributed by atoms with van der Waals surface area (Å²) in [5.41, 5.74) is 10.2. The summed E-state index contributed by atoms with van der Waals surface area (Å²) < 4.78 is 32.4. The second-order valence-corrected chi connectivity index (χ2v) is 9.47. The lowest BCUT2D eigenvalue weighted by Crippen LogP contribution is -2.24. The fourth-order valence-corrected chi connectivity index (χ4v) is 4.93. The SMILES string of the molecule is CO[C@H]1Cc2ccccc2[C@H]1Nc1ncnc(NC2CC(O)C(COS(N)(=O)=O)C2)c1N=N. The molecule has 2 aromatic rings. The van der Waals surface area contributed by atoms with Gasteiger partial charge in [0.25, 0.3) is 0 Å². The number of nitrogens with one attached hydrogen (secondary N) is 3. The topological polar surface area (TPSA) is 185 Å². The zero-order chi connectivity index (χ0) is 23.6. The van der Waals surface area contributed by atoms with Gasteiger partial charge in [-0.1, -0.05) is 24.3 Å². The van der Waals surface area contributed by atoms with Crippen LogP contribution < -0.4 is 15.8 Å². The Labute approximate surface area is 191 Å². The Morgan fingerprint density at radius 2 is 1.97 bits per heavy atom. The van der Waals surface area contributed by atoms with Crippen molar-refractivity contribution < 1.29 is 22.4 Å². The lowest BCUT2D eigenvalue weighted by molar-refractivity contribution is 0.0959. The van der Waals surface area contributed by atoms with Gasteiger partial charge in [0.1, 0.15) is 6.33 Å². The third-order valence-corrected chi connectivity index (χ3v) is 6.62. The Kier molecular flexibility index (Phi) is 6.86. The molecule has 0 bridgehead atoms. The second kappa shape index (κ2) is 9.65. The van der Waals surface area contributed by atoms with Crippen molar-refractivity contribution in [1.82, 2.24) is 9.97 Å². The van der Waals surface area contributed by atoms with Crippen LogP contribution in [0.5, 0.6) is 0 Å². The molecule has 6 N–H and O–H groups in total. The smallest absolute Gasteiger partial charge is 0.333 e. The number of aliphatic hydroxyl groups is 1. The van der Waals surface area contributed by atoms with E-state index in [1.807, 2.05) is 18.2 Å². The van der Waals surface area contributed by atoms with E-state index in [0.717, 1.165) is 12.0 Å². The van der Waals surface area contributed by atoms with E-state index in [2.05, 4.69) is 36.0 Å². The number of nitrogens with zero attached hydrogens (tertiary/aromatic N) is 3. The summed E-state index contributed by atoms with van der Waals surface area (Å²) in [5.74, 6) is 0.320. The highest BCUT2D eigenvalue weighted by molar-refractivity contribution is 7.84. The fourth-order valence-electron chi connectivity index (χ4n) is 4.57. The molecule has 13 heteroatoms. The number of hydrogen-bond donors (Lipinski definition) is 5. The first kappa shape index (κ1) is 23.4. The molecule has 0 radical (unpaired) electrons. The van der Waals surface area contributed by atoms with E-state index in [4.69, 9.17) is 15.4 Å². The van der Waals surface area contributed by atoms with Gasteiger partial charge in [0.2, 0.25) is 0 Å². The number of rotatable bonds is 9. The van der Waals surface area contributed by atoms with Crippen LogP contribution in [0, 0.1) is 11.4 Å². The van der Waals surface area contributed by atoms with Gasteiger partial charge in [-0.05, 0) is 24.0 Å². The van der Waals surface area contributed by atoms with Gasteiger partial charge in [0, 0.05) is 25.5 Å². The number of benzene rings is 1. The van der Waals surface area contributed by atoms with E-state index in [0.29, 0.717) is 24.5 Å². The highest BCUT2D eigenvalue weighted by Crippen LogP contribution is 2.39. The maximum absolute atomic E-state index is 11.0. The molecule has 0 saturated heterocycles. The molecule has 1 saturated carbocycles. The van der Waals surface area contributed by atoms with Crippen molar-refractivity contribution in [2.45, 2.75) is 43.6 Å². The van der Waals surface area contributed by atoms with Gasteiger partial charge in [-0.15, -0.1) is 0 Å². The first-order chi connectivity index (χ1) is 15.8. The number of aliphatic hydroxyl groups excluding tert-OH is 1. The molecule has 0 amide bonds. The molecule has 1 heterocycles. The minimum absolute atomic E-state index is 0.100. The monoisotopic (exact) mass is 477 g/mol. The normalized spacial score (nSPS) is 26.7. The Bertz CT molecular complexity index is 1120. The molecule has 5 atom stereocenters. The average Bonchev–Trinajstić information content (AvgIpc) is 3.31. The number of aromatic nitrogens is 2. The number of nitrogens with two attached hydrogens (primary N) is 1. The molecule has 1 aromatic carbocycles. The predicted octanol–water partition coefficient (Wildman–Crippen LogP) is 1.63. The van der Waals surface area contributed by atoms with Gasteiger partial charge in [0.05, 0.1) is 24.9 Å². The van der Waals surface area contributed by atoms with Crippen LogP contribution in [0.4, 0.5) is 17.3 Å². The minimum atomic E-state index is -4.08. The molecular formula is C20H27N7O5S.